The number of hydrogen-bond acceptors (Lipinski definition) is 5. The lowest BCUT2D eigenvalue weighted by Gasteiger charge is -2.20. The van der Waals surface area contributed by atoms with Crippen LogP contribution in [0.2, 0.25) is 0 Å². The summed E-state index contributed by atoms with van der Waals surface area (Å²) in [6, 6.07) is 0.507. The van der Waals surface area contributed by atoms with Gasteiger partial charge in [0.05, 0.1) is 12.7 Å². The zero-order chi connectivity index (χ0) is 19.3. The molecule has 1 amide bonds. The number of nitrogens with zero attached hydrogens (tertiary/aromatic N) is 1. The standard InChI is InChI=1S/C16H17F3N2O4/c1-15(2,3)25-14(23)21-12(13(22)24-4)8-7-11-6-5-10(9-20-11)16(17,18)19/h5-6,9,12H,1-4H3,(H,21,23)/t12-/m1/s1. The Morgan fingerprint density at radius 3 is 2.32 bits per heavy atom. The predicted octanol–water partition coefficient (Wildman–Crippen LogP) is 2.52. The molecule has 1 aromatic rings. The van der Waals surface area contributed by atoms with E-state index in [1.165, 1.54) is 0 Å². The number of ether oxygens (including phenoxy) is 2. The number of carbonyl (C=O) groups excluding carboxylic acids is 2. The van der Waals surface area contributed by atoms with Gasteiger partial charge in [-0.1, -0.05) is 5.92 Å². The molecule has 1 atom stereocenters. The van der Waals surface area contributed by atoms with E-state index >= 15 is 0 Å². The summed E-state index contributed by atoms with van der Waals surface area (Å²) in [4.78, 5) is 26.9. The molecule has 6 nitrogen and oxygen atoms in total. The first-order valence-corrected chi connectivity index (χ1v) is 7.04. The van der Waals surface area contributed by atoms with E-state index in [2.05, 4.69) is 26.9 Å². The molecule has 0 unspecified atom stereocenters. The molecule has 0 fully saturated rings. The molecule has 136 valence electrons. The number of nitrogens with one attached hydrogen (secondary N) is 1. The van der Waals surface area contributed by atoms with E-state index in [1.807, 2.05) is 0 Å². The summed E-state index contributed by atoms with van der Waals surface area (Å²) < 4.78 is 46.9. The van der Waals surface area contributed by atoms with E-state index in [0.29, 0.717) is 6.20 Å². The number of aromatic nitrogens is 1. The van der Waals surface area contributed by atoms with Crippen LogP contribution in [0, 0.1) is 11.8 Å². The largest absolute Gasteiger partial charge is 0.467 e. The van der Waals surface area contributed by atoms with Crippen LogP contribution < -0.4 is 5.32 Å². The number of esters is 1. The summed E-state index contributed by atoms with van der Waals surface area (Å²) in [7, 11) is 1.10. The molecule has 0 spiro atoms. The Morgan fingerprint density at radius 1 is 1.24 bits per heavy atom. The van der Waals surface area contributed by atoms with Gasteiger partial charge in [-0.25, -0.2) is 14.6 Å². The quantitative estimate of drug-likeness (QED) is 0.649. The van der Waals surface area contributed by atoms with Crippen LogP contribution in [0.3, 0.4) is 0 Å². The maximum Gasteiger partial charge on any atom is 0.417 e. The van der Waals surface area contributed by atoms with Gasteiger partial charge >= 0.3 is 18.2 Å². The summed E-state index contributed by atoms with van der Waals surface area (Å²) in [6.07, 6.45) is -4.78. The molecule has 0 aliphatic rings. The highest BCUT2D eigenvalue weighted by Gasteiger charge is 2.30. The lowest BCUT2D eigenvalue weighted by molar-refractivity contribution is -0.141. The van der Waals surface area contributed by atoms with Crippen molar-refractivity contribution in [3.8, 4) is 11.8 Å². The van der Waals surface area contributed by atoms with E-state index in [1.54, 1.807) is 20.8 Å². The molecule has 0 aromatic carbocycles. The average Bonchev–Trinajstić information content (AvgIpc) is 2.48. The van der Waals surface area contributed by atoms with Crippen LogP contribution in [0.1, 0.15) is 32.0 Å². The molecule has 0 radical (unpaired) electrons. The van der Waals surface area contributed by atoms with Crippen LogP contribution in [0.4, 0.5) is 18.0 Å². The Hall–Kier alpha value is -2.76. The molecular formula is C16H17F3N2O4. The Labute approximate surface area is 142 Å². The molecular weight excluding hydrogens is 341 g/mol. The molecule has 1 heterocycles. The first-order valence-electron chi connectivity index (χ1n) is 7.04. The summed E-state index contributed by atoms with van der Waals surface area (Å²) >= 11 is 0. The monoisotopic (exact) mass is 358 g/mol. The fourth-order valence-corrected chi connectivity index (χ4v) is 1.48. The van der Waals surface area contributed by atoms with Gasteiger partial charge in [0.25, 0.3) is 0 Å². The summed E-state index contributed by atoms with van der Waals surface area (Å²) in [5.74, 6) is 3.93. The highest BCUT2D eigenvalue weighted by atomic mass is 19.4. The van der Waals surface area contributed by atoms with Gasteiger partial charge in [0.15, 0.2) is 6.04 Å². The van der Waals surface area contributed by atoms with Gasteiger partial charge in [-0.15, -0.1) is 0 Å². The van der Waals surface area contributed by atoms with Gasteiger partial charge in [0, 0.05) is 6.20 Å². The van der Waals surface area contributed by atoms with E-state index in [-0.39, 0.29) is 5.69 Å². The normalized spacial score (nSPS) is 12.4. The Bertz CT molecular complexity index is 683. The predicted molar refractivity (Wildman–Crippen MR) is 81.3 cm³/mol. The van der Waals surface area contributed by atoms with Crippen LogP contribution in [-0.2, 0) is 20.4 Å². The van der Waals surface area contributed by atoms with Crippen molar-refractivity contribution in [2.24, 2.45) is 0 Å². The zero-order valence-electron chi connectivity index (χ0n) is 14.0. The fraction of sp³-hybridized carbons (Fsp3) is 0.438. The topological polar surface area (TPSA) is 77.5 Å². The number of amides is 1. The molecule has 1 aromatic heterocycles. The number of pyridine rings is 1. The molecule has 0 saturated heterocycles. The Balaban J connectivity index is 2.91. The van der Waals surface area contributed by atoms with Gasteiger partial charge in [-0.05, 0) is 38.8 Å². The van der Waals surface area contributed by atoms with Crippen molar-refractivity contribution in [2.45, 2.75) is 38.6 Å². The number of hydrogen-bond donors (Lipinski definition) is 1. The van der Waals surface area contributed by atoms with Crippen LogP contribution in [-0.4, -0.2) is 35.8 Å². The van der Waals surface area contributed by atoms with Gasteiger partial charge in [0.1, 0.15) is 11.3 Å². The lowest BCUT2D eigenvalue weighted by atomic mass is 10.2. The van der Waals surface area contributed by atoms with Crippen molar-refractivity contribution in [3.63, 3.8) is 0 Å². The van der Waals surface area contributed by atoms with Gasteiger partial charge in [-0.3, -0.25) is 5.32 Å². The summed E-state index contributed by atoms with van der Waals surface area (Å²) in [6.45, 7) is 4.91. The molecule has 0 bridgehead atoms. The minimum Gasteiger partial charge on any atom is -0.467 e. The minimum atomic E-state index is -4.51. The van der Waals surface area contributed by atoms with Crippen molar-refractivity contribution in [1.82, 2.24) is 10.3 Å². The second kappa shape index (κ2) is 7.88. The first-order chi connectivity index (χ1) is 11.4. The van der Waals surface area contributed by atoms with Crippen LogP contribution in [0.5, 0.6) is 0 Å². The first kappa shape index (κ1) is 20.3. The molecule has 1 N–H and O–H groups in total. The van der Waals surface area contributed by atoms with Crippen molar-refractivity contribution in [2.75, 3.05) is 7.11 Å². The number of methoxy groups -OCH3 is 1. The molecule has 1 rings (SSSR count). The van der Waals surface area contributed by atoms with Crippen LogP contribution >= 0.6 is 0 Å². The number of carbonyl (C=O) groups is 2. The second-order valence-corrected chi connectivity index (χ2v) is 5.80. The highest BCUT2D eigenvalue weighted by Crippen LogP contribution is 2.28. The third kappa shape index (κ3) is 7.12. The fourth-order valence-electron chi connectivity index (χ4n) is 1.48. The van der Waals surface area contributed by atoms with Crippen LogP contribution in [0.25, 0.3) is 0 Å². The molecule has 9 heteroatoms. The maximum atomic E-state index is 12.5. The van der Waals surface area contributed by atoms with Gasteiger partial charge in [-0.2, -0.15) is 13.2 Å². The number of alkyl halides is 3. The van der Waals surface area contributed by atoms with Gasteiger partial charge in [0.2, 0.25) is 0 Å². The number of halogens is 3. The smallest absolute Gasteiger partial charge is 0.417 e. The highest BCUT2D eigenvalue weighted by molar-refractivity contribution is 5.84. The minimum absolute atomic E-state index is 0.00658. The van der Waals surface area contributed by atoms with E-state index < -0.39 is 35.4 Å². The van der Waals surface area contributed by atoms with Gasteiger partial charge < -0.3 is 9.47 Å². The number of rotatable bonds is 2. The lowest BCUT2D eigenvalue weighted by Crippen LogP contribution is -2.43. The van der Waals surface area contributed by atoms with Crippen molar-refractivity contribution < 1.29 is 32.2 Å². The Kier molecular flexibility index (Phi) is 6.39. The third-order valence-electron chi connectivity index (χ3n) is 2.53. The molecule has 25 heavy (non-hydrogen) atoms. The van der Waals surface area contributed by atoms with Crippen molar-refractivity contribution >= 4 is 12.1 Å². The Morgan fingerprint density at radius 2 is 1.88 bits per heavy atom. The summed E-state index contributed by atoms with van der Waals surface area (Å²) in [5, 5.41) is 2.21. The summed E-state index contributed by atoms with van der Waals surface area (Å²) in [5.41, 5.74) is -1.71. The molecule has 0 aliphatic heterocycles. The van der Waals surface area contributed by atoms with E-state index in [4.69, 9.17) is 4.74 Å². The van der Waals surface area contributed by atoms with Crippen molar-refractivity contribution in [1.29, 1.82) is 0 Å². The van der Waals surface area contributed by atoms with E-state index in [9.17, 15) is 22.8 Å². The maximum absolute atomic E-state index is 12.5. The SMILES string of the molecule is COC(=O)[C@@H](C#Cc1ccc(C(F)(F)F)cn1)NC(=O)OC(C)(C)C. The van der Waals surface area contributed by atoms with E-state index in [0.717, 1.165) is 19.2 Å². The van der Waals surface area contributed by atoms with Crippen LogP contribution in [0.15, 0.2) is 18.3 Å². The average molecular weight is 358 g/mol. The molecule has 0 aliphatic carbocycles. The number of alkyl carbamates (subject to hydrolysis) is 1. The molecule has 0 saturated carbocycles. The zero-order valence-corrected chi connectivity index (χ0v) is 14.0. The third-order valence-corrected chi connectivity index (χ3v) is 2.53. The van der Waals surface area contributed by atoms with Crippen molar-refractivity contribution in [3.05, 3.63) is 29.6 Å². The second-order valence-electron chi connectivity index (χ2n) is 5.80.